The van der Waals surface area contributed by atoms with E-state index in [0.717, 1.165) is 7.11 Å². The molecule has 0 aromatic rings. The number of hydrogen-bond acceptors (Lipinski definition) is 4. The molecule has 0 aliphatic rings. The third-order valence-electron chi connectivity index (χ3n) is 3.29. The molecule has 0 saturated carbocycles. The molecule has 1 unspecified atom stereocenters. The first-order chi connectivity index (χ1) is 18.2. The fraction of sp³-hybridized carbons (Fsp3) is 0.524. The summed E-state index contributed by atoms with van der Waals surface area (Å²) in [5.74, 6) is -24.4. The van der Waals surface area contributed by atoms with Crippen LogP contribution in [0.2, 0.25) is 0 Å². The number of hydrogen-bond donors (Lipinski definition) is 1. The van der Waals surface area contributed by atoms with Crippen molar-refractivity contribution in [3.8, 4) is 0 Å². The van der Waals surface area contributed by atoms with E-state index in [9.17, 15) is 70.2 Å². The average Bonchev–Trinajstić information content (AvgIpc) is 2.84. The summed E-state index contributed by atoms with van der Waals surface area (Å²) in [6.45, 7) is 18.6. The Labute approximate surface area is 223 Å². The zero-order valence-corrected chi connectivity index (χ0v) is 21.0. The summed E-state index contributed by atoms with van der Waals surface area (Å²) < 4.78 is 208. The zero-order chi connectivity index (χ0) is 34.9. The van der Waals surface area contributed by atoms with Gasteiger partial charge in [-0.3, -0.25) is 4.74 Å². The molecular weight excluding hydrogens is 620 g/mol. The van der Waals surface area contributed by atoms with E-state index in [0.29, 0.717) is 0 Å². The summed E-state index contributed by atoms with van der Waals surface area (Å²) in [7, 11) is 1.08. The fourth-order valence-electron chi connectivity index (χ4n) is 1.42. The maximum absolute atomic E-state index is 13.3. The van der Waals surface area contributed by atoms with Crippen molar-refractivity contribution in [2.45, 2.75) is 48.4 Å². The van der Waals surface area contributed by atoms with Crippen molar-refractivity contribution in [3.63, 3.8) is 0 Å². The van der Waals surface area contributed by atoms with Crippen LogP contribution in [-0.2, 0) is 14.2 Å². The Morgan fingerprint density at radius 1 is 0.659 bits per heavy atom. The Morgan fingerprint density at radius 2 is 1.02 bits per heavy atom. The minimum atomic E-state index is -7.07. The third-order valence-corrected chi connectivity index (χ3v) is 3.29. The van der Waals surface area contributed by atoms with Crippen molar-refractivity contribution in [2.24, 2.45) is 0 Å². The summed E-state index contributed by atoms with van der Waals surface area (Å²) in [6.07, 6.45) is -21.4. The van der Waals surface area contributed by atoms with Gasteiger partial charge < -0.3 is 14.6 Å². The van der Waals surface area contributed by atoms with Crippen molar-refractivity contribution in [1.29, 1.82) is 0 Å². The van der Waals surface area contributed by atoms with Gasteiger partial charge in [0.1, 0.15) is 6.61 Å². The molecule has 0 spiro atoms. The highest BCUT2D eigenvalue weighted by atomic mass is 19.4. The first-order valence-corrected chi connectivity index (χ1v) is 9.52. The summed E-state index contributed by atoms with van der Waals surface area (Å²) in [6, 6.07) is -2.75. The molecule has 41 heavy (non-hydrogen) atoms. The van der Waals surface area contributed by atoms with Crippen LogP contribution >= 0.6 is 0 Å². The van der Waals surface area contributed by atoms with Gasteiger partial charge >= 0.3 is 42.0 Å². The fourth-order valence-corrected chi connectivity index (χ4v) is 1.42. The smallest absolute Gasteiger partial charge is 0.402 e. The van der Waals surface area contributed by atoms with Gasteiger partial charge in [0.25, 0.3) is 6.01 Å². The van der Waals surface area contributed by atoms with Gasteiger partial charge in [0, 0.05) is 13.5 Å². The molecule has 0 saturated heterocycles. The number of methoxy groups -OCH3 is 1. The lowest BCUT2D eigenvalue weighted by Gasteiger charge is -2.36. The molecule has 0 amide bonds. The standard InChI is InChI=1S/C8H5F11O3.C7H9F5O.3C2H4/c1-3(9)21-8(18,19)5(12,6(13,14)15)22-7(16,17)4(10,11)2-20;1-5(8)7(11,12)6(9,10)3-4-13-2;3*1-2/h20H,1-2H2;1,3-4H2,2H3;3*1-2H2. The Hall–Kier alpha value is -2.74. The van der Waals surface area contributed by atoms with Gasteiger partial charge in [0.05, 0.1) is 6.61 Å². The van der Waals surface area contributed by atoms with E-state index in [2.05, 4.69) is 55.5 Å². The number of allylic oxidation sites excluding steroid dienone is 1. The topological polar surface area (TPSA) is 47.9 Å². The van der Waals surface area contributed by atoms with Gasteiger partial charge in [0.15, 0.2) is 5.83 Å². The molecule has 0 bridgehead atoms. The van der Waals surface area contributed by atoms with E-state index in [1.165, 1.54) is 0 Å². The van der Waals surface area contributed by atoms with Crippen LogP contribution in [0.4, 0.5) is 70.2 Å². The predicted octanol–water partition coefficient (Wildman–Crippen LogP) is 8.68. The highest BCUT2D eigenvalue weighted by molar-refractivity contribution is 5.05. The number of halogens is 16. The van der Waals surface area contributed by atoms with Crippen LogP contribution in [0.1, 0.15) is 6.42 Å². The van der Waals surface area contributed by atoms with E-state index in [4.69, 9.17) is 5.11 Å². The maximum Gasteiger partial charge on any atom is 0.471 e. The number of ether oxygens (including phenoxy) is 3. The molecule has 0 aromatic carbocycles. The summed E-state index contributed by atoms with van der Waals surface area (Å²) in [5, 5.41) is 7.87. The molecule has 0 radical (unpaired) electrons. The van der Waals surface area contributed by atoms with E-state index in [1.807, 2.05) is 11.3 Å². The van der Waals surface area contributed by atoms with Crippen LogP contribution in [0.5, 0.6) is 0 Å². The van der Waals surface area contributed by atoms with Crippen LogP contribution in [0, 0.1) is 0 Å². The molecule has 1 N–H and O–H groups in total. The molecule has 4 nitrogen and oxygen atoms in total. The third kappa shape index (κ3) is 13.6. The summed E-state index contributed by atoms with van der Waals surface area (Å²) in [4.78, 5) is 0. The van der Waals surface area contributed by atoms with Gasteiger partial charge in [-0.1, -0.05) is 6.58 Å². The quantitative estimate of drug-likeness (QED) is 0.131. The monoisotopic (exact) mass is 646 g/mol. The Morgan fingerprint density at radius 3 is 1.27 bits per heavy atom. The van der Waals surface area contributed by atoms with Gasteiger partial charge in [-0.25, -0.2) is 4.39 Å². The summed E-state index contributed by atoms with van der Waals surface area (Å²) >= 11 is 0. The average molecular weight is 646 g/mol. The van der Waals surface area contributed by atoms with Gasteiger partial charge in [-0.15, -0.1) is 39.5 Å². The number of alkyl halides is 14. The second-order valence-electron chi connectivity index (χ2n) is 5.97. The lowest BCUT2D eigenvalue weighted by Crippen LogP contribution is -2.63. The molecular formula is C21H26F16O4. The largest absolute Gasteiger partial charge is 0.471 e. The van der Waals surface area contributed by atoms with E-state index >= 15 is 0 Å². The van der Waals surface area contributed by atoms with Crippen molar-refractivity contribution in [2.75, 3.05) is 20.3 Å². The highest BCUT2D eigenvalue weighted by Crippen LogP contribution is 2.52. The molecule has 0 fully saturated rings. The SMILES string of the molecule is C=C.C=C.C=C.C=C(F)C(F)(F)C(F)(F)CCOC.C=C(F)OC(F)(F)C(F)(OC(F)(F)C(F)(F)CO)C(F)(F)F. The Bertz CT molecular complexity index is 766. The van der Waals surface area contributed by atoms with Crippen molar-refractivity contribution in [3.05, 3.63) is 64.5 Å². The van der Waals surface area contributed by atoms with Gasteiger partial charge in [-0.2, -0.15) is 65.9 Å². The molecule has 1 atom stereocenters. The van der Waals surface area contributed by atoms with Gasteiger partial charge in [0.2, 0.25) is 0 Å². The van der Waals surface area contributed by atoms with Crippen LogP contribution in [0.25, 0.3) is 0 Å². The van der Waals surface area contributed by atoms with Crippen LogP contribution in [0.15, 0.2) is 64.5 Å². The Kier molecular flexibility index (Phi) is 21.8. The molecule has 0 rings (SSSR count). The minimum Gasteiger partial charge on any atom is -0.402 e. The minimum absolute atomic E-state index is 0.574. The number of rotatable bonds is 12. The second-order valence-corrected chi connectivity index (χ2v) is 5.97. The normalized spacial score (nSPS) is 13.6. The van der Waals surface area contributed by atoms with Crippen LogP contribution in [-0.4, -0.2) is 67.4 Å². The number of aliphatic hydroxyl groups is 1. The lowest BCUT2D eigenvalue weighted by molar-refractivity contribution is -0.517. The first kappa shape index (κ1) is 48.0. The number of aliphatic hydroxyl groups excluding tert-OH is 1. The predicted molar refractivity (Wildman–Crippen MR) is 115 cm³/mol. The van der Waals surface area contributed by atoms with Gasteiger partial charge in [-0.05, 0) is 6.58 Å². The van der Waals surface area contributed by atoms with Crippen molar-refractivity contribution >= 4 is 0 Å². The van der Waals surface area contributed by atoms with E-state index in [1.54, 1.807) is 0 Å². The molecule has 0 aliphatic carbocycles. The van der Waals surface area contributed by atoms with Crippen molar-refractivity contribution < 1.29 is 89.6 Å². The second kappa shape index (κ2) is 18.6. The Balaban J connectivity index is -0.000000193. The maximum atomic E-state index is 13.3. The van der Waals surface area contributed by atoms with E-state index in [-0.39, 0.29) is 0 Å². The molecule has 0 aliphatic heterocycles. The summed E-state index contributed by atoms with van der Waals surface area (Å²) in [5.41, 5.74) is 0. The molecule has 0 heterocycles. The molecule has 20 heteroatoms. The van der Waals surface area contributed by atoms with Crippen LogP contribution < -0.4 is 0 Å². The highest BCUT2D eigenvalue weighted by Gasteiger charge is 2.80. The molecule has 246 valence electrons. The lowest BCUT2D eigenvalue weighted by atomic mass is 10.1. The first-order valence-electron chi connectivity index (χ1n) is 9.52. The zero-order valence-electron chi connectivity index (χ0n) is 21.0. The van der Waals surface area contributed by atoms with E-state index < -0.39 is 73.5 Å². The van der Waals surface area contributed by atoms with Crippen LogP contribution in [0.3, 0.4) is 0 Å². The molecule has 0 aromatic heterocycles. The van der Waals surface area contributed by atoms with Crippen molar-refractivity contribution in [1.82, 2.24) is 0 Å².